The molecule has 0 aliphatic rings. The van der Waals surface area contributed by atoms with Gasteiger partial charge in [0.25, 0.3) is 5.56 Å². The smallest absolute Gasteiger partial charge is 0.280 e. The van der Waals surface area contributed by atoms with Crippen molar-refractivity contribution in [3.05, 3.63) is 73.7 Å². The Hall–Kier alpha value is -2.35. The zero-order valence-electron chi connectivity index (χ0n) is 12.3. The van der Waals surface area contributed by atoms with Crippen LogP contribution in [0, 0.1) is 10.5 Å². The third kappa shape index (κ3) is 3.37. The van der Waals surface area contributed by atoms with Gasteiger partial charge in [0, 0.05) is 15.5 Å². The number of hydrogen-bond donors (Lipinski definition) is 2. The molecule has 3 rings (SSSR count). The van der Waals surface area contributed by atoms with Crippen molar-refractivity contribution in [3.8, 4) is 11.4 Å². The van der Waals surface area contributed by atoms with Crippen LogP contribution in [0.25, 0.3) is 5.69 Å². The highest BCUT2D eigenvalue weighted by molar-refractivity contribution is 14.1. The molecule has 0 saturated heterocycles. The topological polar surface area (TPSA) is 70.4 Å². The maximum atomic E-state index is 12.5. The summed E-state index contributed by atoms with van der Waals surface area (Å²) in [6.07, 6.45) is 1.55. The molecule has 5 nitrogen and oxygen atoms in total. The van der Waals surface area contributed by atoms with Crippen LogP contribution in [0.2, 0.25) is 0 Å². The first-order valence-corrected chi connectivity index (χ1v) is 8.03. The minimum absolute atomic E-state index is 0.147. The number of aromatic hydroxyl groups is 1. The van der Waals surface area contributed by atoms with Crippen molar-refractivity contribution in [1.29, 1.82) is 0 Å². The van der Waals surface area contributed by atoms with Crippen LogP contribution < -0.4 is 5.56 Å². The summed E-state index contributed by atoms with van der Waals surface area (Å²) in [4.78, 5) is 16.8. The number of nitrogens with one attached hydrogen (secondary N) is 1. The number of aromatic nitrogens is 2. The minimum Gasteiger partial charge on any atom is -0.508 e. The van der Waals surface area contributed by atoms with Crippen LogP contribution in [-0.4, -0.2) is 21.1 Å². The molecule has 0 fully saturated rings. The normalized spacial score (nSPS) is 11.2. The molecule has 0 saturated carbocycles. The summed E-state index contributed by atoms with van der Waals surface area (Å²) in [7, 11) is 0. The van der Waals surface area contributed by atoms with Gasteiger partial charge in [-0.15, -0.1) is 0 Å². The number of benzene rings is 2. The fraction of sp³-hybridized carbons (Fsp3) is 0.0588. The van der Waals surface area contributed by atoms with E-state index in [1.54, 1.807) is 30.5 Å². The van der Waals surface area contributed by atoms with Crippen molar-refractivity contribution < 1.29 is 5.11 Å². The molecule has 1 heterocycles. The fourth-order valence-corrected chi connectivity index (χ4v) is 2.52. The predicted octanol–water partition coefficient (Wildman–Crippen LogP) is 3.53. The lowest BCUT2D eigenvalue weighted by atomic mass is 10.2. The minimum atomic E-state index is -0.147. The Morgan fingerprint density at radius 1 is 1.13 bits per heavy atom. The molecular formula is C17H14IN3O2. The molecule has 1 aromatic heterocycles. The van der Waals surface area contributed by atoms with E-state index >= 15 is 0 Å². The highest BCUT2D eigenvalue weighted by atomic mass is 127. The molecule has 0 aliphatic carbocycles. The maximum Gasteiger partial charge on any atom is 0.280 e. The molecule has 6 heteroatoms. The number of halogens is 1. The van der Waals surface area contributed by atoms with E-state index in [1.165, 1.54) is 4.68 Å². The molecule has 0 radical (unpaired) electrons. The molecule has 0 spiro atoms. The monoisotopic (exact) mass is 419 g/mol. The van der Waals surface area contributed by atoms with Crippen LogP contribution in [0.4, 0.5) is 5.69 Å². The van der Waals surface area contributed by atoms with Crippen molar-refractivity contribution in [2.45, 2.75) is 6.92 Å². The van der Waals surface area contributed by atoms with E-state index < -0.39 is 0 Å². The van der Waals surface area contributed by atoms with E-state index in [0.717, 1.165) is 15.0 Å². The van der Waals surface area contributed by atoms with Gasteiger partial charge >= 0.3 is 0 Å². The van der Waals surface area contributed by atoms with E-state index in [2.05, 4.69) is 32.7 Å². The van der Waals surface area contributed by atoms with Crippen LogP contribution in [0.3, 0.4) is 0 Å². The highest BCUT2D eigenvalue weighted by Gasteiger charge is 2.10. The molecule has 0 aliphatic heterocycles. The molecule has 2 N–H and O–H groups in total. The lowest BCUT2D eigenvalue weighted by molar-refractivity contribution is 0.475. The van der Waals surface area contributed by atoms with Gasteiger partial charge in [-0.2, -0.15) is 0 Å². The van der Waals surface area contributed by atoms with Gasteiger partial charge in [-0.3, -0.25) is 14.9 Å². The first-order chi connectivity index (χ1) is 11.0. The van der Waals surface area contributed by atoms with Crippen LogP contribution in [0.15, 0.2) is 58.3 Å². The van der Waals surface area contributed by atoms with Gasteiger partial charge in [-0.1, -0.05) is 0 Å². The second kappa shape index (κ2) is 6.41. The van der Waals surface area contributed by atoms with Crippen molar-refractivity contribution in [2.24, 2.45) is 4.99 Å². The van der Waals surface area contributed by atoms with E-state index in [9.17, 15) is 9.90 Å². The lowest BCUT2D eigenvalue weighted by Crippen LogP contribution is -2.17. The highest BCUT2D eigenvalue weighted by Crippen LogP contribution is 2.16. The summed E-state index contributed by atoms with van der Waals surface area (Å²) in [5, 5.41) is 12.3. The van der Waals surface area contributed by atoms with Crippen molar-refractivity contribution >= 4 is 34.5 Å². The predicted molar refractivity (Wildman–Crippen MR) is 99.2 cm³/mol. The number of phenolic OH excluding ortho intramolecular Hbond substituents is 1. The maximum absolute atomic E-state index is 12.5. The summed E-state index contributed by atoms with van der Waals surface area (Å²) >= 11 is 2.22. The Kier molecular flexibility index (Phi) is 4.33. The zero-order chi connectivity index (χ0) is 16.4. The summed E-state index contributed by atoms with van der Waals surface area (Å²) in [5.74, 6) is 0.183. The number of hydrogen-bond acceptors (Lipinski definition) is 3. The molecule has 116 valence electrons. The summed E-state index contributed by atoms with van der Waals surface area (Å²) in [6, 6.07) is 14.2. The summed E-state index contributed by atoms with van der Waals surface area (Å²) < 4.78 is 2.61. The van der Waals surface area contributed by atoms with Gasteiger partial charge < -0.3 is 5.11 Å². The third-order valence-electron chi connectivity index (χ3n) is 3.39. The quantitative estimate of drug-likeness (QED) is 0.504. The van der Waals surface area contributed by atoms with Gasteiger partial charge in [0.05, 0.1) is 16.9 Å². The van der Waals surface area contributed by atoms with Crippen LogP contribution in [0.5, 0.6) is 5.75 Å². The van der Waals surface area contributed by atoms with E-state index in [1.807, 2.05) is 31.2 Å². The van der Waals surface area contributed by atoms with Crippen LogP contribution in [-0.2, 0) is 0 Å². The average Bonchev–Trinajstić information content (AvgIpc) is 2.82. The first kappa shape index (κ1) is 15.5. The SMILES string of the molecule is Cc1[nH]n(-c2ccc(I)cc2)c(=O)c1C=Nc1ccc(O)cc1. The molecule has 0 amide bonds. The van der Waals surface area contributed by atoms with Gasteiger partial charge in [0.2, 0.25) is 0 Å². The Morgan fingerprint density at radius 3 is 2.43 bits per heavy atom. The molecule has 0 bridgehead atoms. The fourth-order valence-electron chi connectivity index (χ4n) is 2.16. The van der Waals surface area contributed by atoms with Gasteiger partial charge in [0.1, 0.15) is 5.75 Å². The van der Waals surface area contributed by atoms with Crippen LogP contribution in [0.1, 0.15) is 11.3 Å². The van der Waals surface area contributed by atoms with E-state index in [0.29, 0.717) is 11.3 Å². The largest absolute Gasteiger partial charge is 0.508 e. The molecule has 0 unspecified atom stereocenters. The van der Waals surface area contributed by atoms with Crippen molar-refractivity contribution in [2.75, 3.05) is 0 Å². The number of nitrogens with zero attached hydrogens (tertiary/aromatic N) is 2. The Balaban J connectivity index is 1.96. The lowest BCUT2D eigenvalue weighted by Gasteiger charge is -2.00. The number of rotatable bonds is 3. The number of aliphatic imine (C=N–C) groups is 1. The molecule has 2 aromatic carbocycles. The number of phenols is 1. The van der Waals surface area contributed by atoms with Crippen molar-refractivity contribution in [1.82, 2.24) is 9.78 Å². The third-order valence-corrected chi connectivity index (χ3v) is 4.11. The molecule has 0 atom stereocenters. The number of H-pyrrole nitrogens is 1. The second-order valence-electron chi connectivity index (χ2n) is 5.04. The zero-order valence-corrected chi connectivity index (χ0v) is 14.5. The van der Waals surface area contributed by atoms with Crippen molar-refractivity contribution in [3.63, 3.8) is 0 Å². The Bertz CT molecular complexity index is 907. The Morgan fingerprint density at radius 2 is 1.78 bits per heavy atom. The molecule has 23 heavy (non-hydrogen) atoms. The van der Waals surface area contributed by atoms with E-state index in [4.69, 9.17) is 0 Å². The number of aryl methyl sites for hydroxylation is 1. The first-order valence-electron chi connectivity index (χ1n) is 6.95. The van der Waals surface area contributed by atoms with Gasteiger partial charge in [-0.05, 0) is 78.0 Å². The standard InChI is InChI=1S/C17H14IN3O2/c1-11-16(10-19-13-4-8-15(22)9-5-13)17(23)21(20-11)14-6-2-12(18)3-7-14/h2-10,20,22H,1H3. The van der Waals surface area contributed by atoms with Gasteiger partial charge in [-0.25, -0.2) is 4.68 Å². The molecule has 3 aromatic rings. The summed E-state index contributed by atoms with van der Waals surface area (Å²) in [6.45, 7) is 1.84. The van der Waals surface area contributed by atoms with E-state index in [-0.39, 0.29) is 11.3 Å². The van der Waals surface area contributed by atoms with Crippen LogP contribution >= 0.6 is 22.6 Å². The van der Waals surface area contributed by atoms with Gasteiger partial charge in [0.15, 0.2) is 0 Å². The number of aromatic amines is 1. The summed E-state index contributed by atoms with van der Waals surface area (Å²) in [5.41, 5.74) is 2.56. The molecular weight excluding hydrogens is 405 g/mol. The second-order valence-corrected chi connectivity index (χ2v) is 6.29. The average molecular weight is 419 g/mol. The Labute approximate surface area is 146 Å².